The molecule has 0 saturated heterocycles. The molecule has 2 heteroatoms. The summed E-state index contributed by atoms with van der Waals surface area (Å²) in [4.78, 5) is 2.36. The van der Waals surface area contributed by atoms with Gasteiger partial charge >= 0.3 is 0 Å². The predicted molar refractivity (Wildman–Crippen MR) is 299 cm³/mol. The zero-order valence-electron chi connectivity index (χ0n) is 39.8. The lowest BCUT2D eigenvalue weighted by atomic mass is 9.68. The van der Waals surface area contributed by atoms with E-state index in [-0.39, 0.29) is 0 Å². The molecule has 13 rings (SSSR count). The fourth-order valence-corrected chi connectivity index (χ4v) is 11.7. The molecule has 0 amide bonds. The van der Waals surface area contributed by atoms with Crippen molar-refractivity contribution in [2.24, 2.45) is 0 Å². The van der Waals surface area contributed by atoms with E-state index < -0.39 is 5.41 Å². The molecule has 0 saturated carbocycles. The average Bonchev–Trinajstić information content (AvgIpc) is 3.93. The molecule has 2 nitrogen and oxygen atoms in total. The van der Waals surface area contributed by atoms with Crippen LogP contribution >= 0.6 is 0 Å². The van der Waals surface area contributed by atoms with Gasteiger partial charge in [-0.1, -0.05) is 200 Å². The van der Waals surface area contributed by atoms with Gasteiger partial charge in [-0.25, -0.2) is 0 Å². The Morgan fingerprint density at radius 3 is 1.61 bits per heavy atom. The number of para-hydroxylation sites is 2. The summed E-state index contributed by atoms with van der Waals surface area (Å²) in [6.07, 6.45) is 0. The highest BCUT2D eigenvalue weighted by atomic mass is 15.1. The number of hydrogen-bond acceptors (Lipinski definition) is 1. The van der Waals surface area contributed by atoms with Crippen molar-refractivity contribution in [3.8, 4) is 50.2 Å². The largest absolute Gasteiger partial charge is 0.310 e. The molecule has 0 spiro atoms. The summed E-state index contributed by atoms with van der Waals surface area (Å²) in [5.74, 6) is 0. The first kappa shape index (κ1) is 42.1. The van der Waals surface area contributed by atoms with Crippen molar-refractivity contribution < 1.29 is 0 Å². The molecule has 0 N–H and O–H groups in total. The van der Waals surface area contributed by atoms with Gasteiger partial charge in [0.05, 0.1) is 22.1 Å². The second kappa shape index (κ2) is 17.2. The molecule has 0 bridgehead atoms. The van der Waals surface area contributed by atoms with Crippen LogP contribution in [-0.4, -0.2) is 4.57 Å². The minimum atomic E-state index is -0.476. The highest BCUT2D eigenvalue weighted by Gasteiger charge is 2.47. The van der Waals surface area contributed by atoms with Gasteiger partial charge in [0.1, 0.15) is 0 Å². The summed E-state index contributed by atoms with van der Waals surface area (Å²) in [5.41, 5.74) is 23.9. The van der Waals surface area contributed by atoms with Crippen LogP contribution in [0.25, 0.3) is 72.0 Å². The van der Waals surface area contributed by atoms with Crippen molar-refractivity contribution in [2.45, 2.75) is 19.3 Å². The second-order valence-corrected chi connectivity index (χ2v) is 18.9. The summed E-state index contributed by atoms with van der Waals surface area (Å²) in [7, 11) is 0. The topological polar surface area (TPSA) is 8.17 Å². The van der Waals surface area contributed by atoms with Crippen molar-refractivity contribution in [2.75, 3.05) is 4.90 Å². The Morgan fingerprint density at radius 1 is 0.324 bits per heavy atom. The van der Waals surface area contributed by atoms with E-state index >= 15 is 0 Å². The summed E-state index contributed by atoms with van der Waals surface area (Å²) in [6.45, 7) is 4.40. The number of nitrogens with zero attached hydrogens (tertiary/aromatic N) is 2. The molecule has 0 atom stereocenters. The van der Waals surface area contributed by atoms with E-state index in [1.807, 2.05) is 0 Å². The fraction of sp³-hybridized carbons (Fsp3) is 0.0435. The SMILES string of the molecule is Cc1ccccc1-c1cc(N(c2ccccc2)c2ccc(-c3cccc(-c4ccc5c(c4)c4ccccc4n5-c4cccc5c4-c4ccccc4C5(c4ccccc4)c4ccccc4)c3)cc2)ccc1C. The molecule has 1 aliphatic rings. The highest BCUT2D eigenvalue weighted by molar-refractivity contribution is 6.11. The number of anilines is 3. The zero-order chi connectivity index (χ0) is 47.5. The van der Waals surface area contributed by atoms with Crippen molar-refractivity contribution in [3.63, 3.8) is 0 Å². The van der Waals surface area contributed by atoms with Gasteiger partial charge in [-0.15, -0.1) is 0 Å². The maximum atomic E-state index is 2.51. The molecule has 0 radical (unpaired) electrons. The summed E-state index contributed by atoms with van der Waals surface area (Å²) in [5, 5.41) is 2.47. The highest BCUT2D eigenvalue weighted by Crippen LogP contribution is 2.58. The Balaban J connectivity index is 0.896. The quantitative estimate of drug-likeness (QED) is 0.140. The van der Waals surface area contributed by atoms with Gasteiger partial charge in [0.25, 0.3) is 0 Å². The number of hydrogen-bond donors (Lipinski definition) is 0. The first-order valence-corrected chi connectivity index (χ1v) is 24.7. The van der Waals surface area contributed by atoms with Gasteiger partial charge in [0, 0.05) is 33.4 Å². The van der Waals surface area contributed by atoms with Crippen LogP contribution < -0.4 is 4.90 Å². The van der Waals surface area contributed by atoms with E-state index in [2.05, 4.69) is 290 Å². The monoisotopic (exact) mass is 906 g/mol. The lowest BCUT2D eigenvalue weighted by Crippen LogP contribution is -2.28. The summed E-state index contributed by atoms with van der Waals surface area (Å²) < 4.78 is 2.51. The molecular formula is C69H50N2. The Bertz CT molecular complexity index is 3900. The minimum absolute atomic E-state index is 0.476. The smallest absolute Gasteiger partial charge is 0.0714 e. The lowest BCUT2D eigenvalue weighted by Gasteiger charge is -2.34. The van der Waals surface area contributed by atoms with E-state index in [1.165, 1.54) is 105 Å². The van der Waals surface area contributed by atoms with Crippen molar-refractivity contribution >= 4 is 38.9 Å². The van der Waals surface area contributed by atoms with E-state index in [1.54, 1.807) is 0 Å². The van der Waals surface area contributed by atoms with E-state index in [9.17, 15) is 0 Å². The van der Waals surface area contributed by atoms with Crippen molar-refractivity contribution in [1.29, 1.82) is 0 Å². The first-order chi connectivity index (χ1) is 35.1. The third-order valence-electron chi connectivity index (χ3n) is 15.0. The van der Waals surface area contributed by atoms with E-state index in [0.29, 0.717) is 0 Å². The van der Waals surface area contributed by atoms with Crippen LogP contribution in [0.5, 0.6) is 0 Å². The molecule has 12 aromatic rings. The summed E-state index contributed by atoms with van der Waals surface area (Å²) in [6, 6.07) is 98.3. The van der Waals surface area contributed by atoms with Crippen LogP contribution in [-0.2, 0) is 5.41 Å². The normalized spacial score (nSPS) is 12.5. The van der Waals surface area contributed by atoms with Gasteiger partial charge in [0.15, 0.2) is 0 Å². The molecular weight excluding hydrogens is 857 g/mol. The number of fused-ring (bicyclic) bond motifs is 6. The Kier molecular flexibility index (Phi) is 10.2. The molecule has 71 heavy (non-hydrogen) atoms. The molecule has 11 aromatic carbocycles. The Morgan fingerprint density at radius 2 is 0.859 bits per heavy atom. The minimum Gasteiger partial charge on any atom is -0.310 e. The summed E-state index contributed by atoms with van der Waals surface area (Å²) >= 11 is 0. The first-order valence-electron chi connectivity index (χ1n) is 24.7. The molecule has 0 aliphatic heterocycles. The third-order valence-corrected chi connectivity index (χ3v) is 15.0. The van der Waals surface area contributed by atoms with Crippen LogP contribution in [0.2, 0.25) is 0 Å². The fourth-order valence-electron chi connectivity index (χ4n) is 11.7. The van der Waals surface area contributed by atoms with E-state index in [0.717, 1.165) is 17.1 Å². The lowest BCUT2D eigenvalue weighted by molar-refractivity contribution is 0.768. The van der Waals surface area contributed by atoms with Gasteiger partial charge in [-0.2, -0.15) is 0 Å². The number of rotatable bonds is 9. The van der Waals surface area contributed by atoms with Crippen molar-refractivity contribution in [1.82, 2.24) is 4.57 Å². The second-order valence-electron chi connectivity index (χ2n) is 18.9. The Hall–Kier alpha value is -8.98. The molecule has 1 aliphatic carbocycles. The number of benzene rings is 11. The third kappa shape index (κ3) is 6.86. The van der Waals surface area contributed by atoms with Gasteiger partial charge in [-0.3, -0.25) is 0 Å². The van der Waals surface area contributed by atoms with Gasteiger partial charge in [-0.05, 0) is 153 Å². The molecule has 1 heterocycles. The van der Waals surface area contributed by atoms with Gasteiger partial charge in [0.2, 0.25) is 0 Å². The zero-order valence-corrected chi connectivity index (χ0v) is 39.8. The molecule has 336 valence electrons. The maximum Gasteiger partial charge on any atom is 0.0714 e. The van der Waals surface area contributed by atoms with Crippen molar-refractivity contribution in [3.05, 3.63) is 300 Å². The van der Waals surface area contributed by atoms with E-state index in [4.69, 9.17) is 0 Å². The number of aromatic nitrogens is 1. The van der Waals surface area contributed by atoms with Crippen LogP contribution in [0, 0.1) is 13.8 Å². The average molecular weight is 907 g/mol. The Labute approximate surface area is 416 Å². The van der Waals surface area contributed by atoms with Crippen LogP contribution in [0.1, 0.15) is 33.4 Å². The maximum absolute atomic E-state index is 2.51. The predicted octanol–water partition coefficient (Wildman–Crippen LogP) is 18.2. The number of aryl methyl sites for hydroxylation is 2. The van der Waals surface area contributed by atoms with Gasteiger partial charge < -0.3 is 9.47 Å². The molecule has 0 fully saturated rings. The standard InChI is InChI=1S/C69H50N2/c1-47-20-12-13-29-58(47)61-46-57(40-36-48(61)2)70(55-27-10-5-11-28-55)56-41-37-49(38-42-56)50-21-18-22-51(44-50)52-39-43-66-62(45-52)59-30-15-17-34-65(59)71(66)67-35-19-33-64-68(67)60-31-14-16-32-63(60)69(64,53-23-6-3-7-24-53)54-25-8-4-9-26-54/h3-46H,1-2H3. The van der Waals surface area contributed by atoms with Crippen LogP contribution in [0.15, 0.2) is 267 Å². The van der Waals surface area contributed by atoms with Crippen LogP contribution in [0.4, 0.5) is 17.1 Å². The van der Waals surface area contributed by atoms with Crippen LogP contribution in [0.3, 0.4) is 0 Å². The molecule has 1 aromatic heterocycles. The molecule has 0 unspecified atom stereocenters.